The fraction of sp³-hybridized carbons (Fsp3) is 0.333. The van der Waals surface area contributed by atoms with E-state index >= 15 is 0 Å². The van der Waals surface area contributed by atoms with Gasteiger partial charge >= 0.3 is 5.97 Å². The van der Waals surface area contributed by atoms with E-state index in [0.717, 1.165) is 0 Å². The molecule has 0 saturated heterocycles. The molecule has 0 aliphatic heterocycles. The van der Waals surface area contributed by atoms with Crippen LogP contribution in [0.3, 0.4) is 0 Å². The third-order valence-electron chi connectivity index (χ3n) is 2.09. The van der Waals surface area contributed by atoms with E-state index < -0.39 is 5.97 Å². The maximum absolute atomic E-state index is 11.3. The zero-order valence-corrected chi connectivity index (χ0v) is 9.10. The summed E-state index contributed by atoms with van der Waals surface area (Å²) >= 11 is 0. The van der Waals surface area contributed by atoms with Crippen molar-refractivity contribution in [2.75, 3.05) is 13.2 Å². The van der Waals surface area contributed by atoms with Gasteiger partial charge in [-0.1, -0.05) is 19.1 Å². The van der Waals surface area contributed by atoms with Gasteiger partial charge in [0.15, 0.2) is 5.78 Å². The Balaban J connectivity index is 2.71. The summed E-state index contributed by atoms with van der Waals surface area (Å²) in [5.74, 6) is -0.458. The fourth-order valence-electron chi connectivity index (χ4n) is 1.22. The molecule has 4 nitrogen and oxygen atoms in total. The number of ketones is 1. The van der Waals surface area contributed by atoms with Gasteiger partial charge in [0.25, 0.3) is 0 Å². The molecule has 1 aromatic carbocycles. The highest BCUT2D eigenvalue weighted by Crippen LogP contribution is 2.08. The van der Waals surface area contributed by atoms with E-state index in [1.54, 1.807) is 31.2 Å². The predicted octanol–water partition coefficient (Wildman–Crippen LogP) is 1.43. The summed E-state index contributed by atoms with van der Waals surface area (Å²) in [4.78, 5) is 22.7. The predicted molar refractivity (Wildman–Crippen MR) is 58.4 cm³/mol. The highest BCUT2D eigenvalue weighted by atomic mass is 16.5. The number of rotatable bonds is 5. The summed E-state index contributed by atoms with van der Waals surface area (Å²) < 4.78 is 4.73. The molecule has 0 heterocycles. The van der Waals surface area contributed by atoms with Crippen molar-refractivity contribution in [3.8, 4) is 0 Å². The molecule has 0 radical (unpaired) electrons. The Morgan fingerprint density at radius 1 is 1.19 bits per heavy atom. The number of esters is 1. The topological polar surface area (TPSA) is 63.6 Å². The van der Waals surface area contributed by atoms with Crippen LogP contribution < -0.4 is 0 Å². The van der Waals surface area contributed by atoms with Gasteiger partial charge in [-0.2, -0.15) is 0 Å². The molecular formula is C12H14O4. The lowest BCUT2D eigenvalue weighted by molar-refractivity contribution is 0.0433. The Morgan fingerprint density at radius 2 is 1.75 bits per heavy atom. The molecule has 0 aliphatic carbocycles. The van der Waals surface area contributed by atoms with Gasteiger partial charge in [0.05, 0.1) is 12.2 Å². The van der Waals surface area contributed by atoms with Crippen molar-refractivity contribution in [2.45, 2.75) is 13.3 Å². The van der Waals surface area contributed by atoms with Crippen molar-refractivity contribution in [2.24, 2.45) is 0 Å². The van der Waals surface area contributed by atoms with E-state index in [0.29, 0.717) is 17.5 Å². The average molecular weight is 222 g/mol. The van der Waals surface area contributed by atoms with Crippen LogP contribution in [-0.4, -0.2) is 30.1 Å². The first-order valence-corrected chi connectivity index (χ1v) is 5.10. The molecule has 0 atom stereocenters. The molecule has 0 amide bonds. The number of hydrogen-bond acceptors (Lipinski definition) is 4. The maximum Gasteiger partial charge on any atom is 0.338 e. The van der Waals surface area contributed by atoms with Crippen LogP contribution in [0, 0.1) is 0 Å². The van der Waals surface area contributed by atoms with E-state index in [1.807, 2.05) is 0 Å². The van der Waals surface area contributed by atoms with Gasteiger partial charge in [-0.05, 0) is 12.1 Å². The molecule has 86 valence electrons. The second kappa shape index (κ2) is 6.02. The number of hydrogen-bond donors (Lipinski definition) is 1. The zero-order valence-electron chi connectivity index (χ0n) is 9.10. The lowest BCUT2D eigenvalue weighted by Gasteiger charge is -2.03. The molecule has 16 heavy (non-hydrogen) atoms. The van der Waals surface area contributed by atoms with E-state index in [9.17, 15) is 9.59 Å². The van der Waals surface area contributed by atoms with E-state index in [-0.39, 0.29) is 19.0 Å². The molecule has 1 N–H and O–H groups in total. The first-order chi connectivity index (χ1) is 7.69. The normalized spacial score (nSPS) is 9.88. The van der Waals surface area contributed by atoms with Crippen LogP contribution in [0.25, 0.3) is 0 Å². The number of carbonyl (C=O) groups excluding carboxylic acids is 2. The van der Waals surface area contributed by atoms with Gasteiger partial charge in [-0.15, -0.1) is 0 Å². The smallest absolute Gasteiger partial charge is 0.338 e. The standard InChI is InChI=1S/C12H14O4/c1-2-11(14)9-3-5-10(6-4-9)12(15)16-8-7-13/h3-6,13H,2,7-8H2,1H3. The van der Waals surface area contributed by atoms with Crippen LogP contribution in [0.2, 0.25) is 0 Å². The second-order valence-electron chi connectivity index (χ2n) is 3.21. The Bertz CT molecular complexity index is 367. The molecule has 4 heteroatoms. The third-order valence-corrected chi connectivity index (χ3v) is 2.09. The van der Waals surface area contributed by atoms with Crippen molar-refractivity contribution in [3.63, 3.8) is 0 Å². The molecule has 0 saturated carbocycles. The largest absolute Gasteiger partial charge is 0.460 e. The number of ether oxygens (including phenoxy) is 1. The van der Waals surface area contributed by atoms with Crippen LogP contribution in [-0.2, 0) is 4.74 Å². The molecule has 0 aromatic heterocycles. The van der Waals surface area contributed by atoms with Crippen molar-refractivity contribution in [1.29, 1.82) is 0 Å². The van der Waals surface area contributed by atoms with Gasteiger partial charge < -0.3 is 9.84 Å². The average Bonchev–Trinajstić information content (AvgIpc) is 2.35. The highest BCUT2D eigenvalue weighted by Gasteiger charge is 2.08. The van der Waals surface area contributed by atoms with Crippen molar-refractivity contribution in [3.05, 3.63) is 35.4 Å². The van der Waals surface area contributed by atoms with Crippen molar-refractivity contribution >= 4 is 11.8 Å². The lowest BCUT2D eigenvalue weighted by atomic mass is 10.1. The minimum absolute atomic E-state index is 0.0194. The molecule has 0 fully saturated rings. The van der Waals surface area contributed by atoms with Crippen LogP contribution in [0.15, 0.2) is 24.3 Å². The van der Waals surface area contributed by atoms with Gasteiger partial charge in [0.1, 0.15) is 6.61 Å². The minimum Gasteiger partial charge on any atom is -0.460 e. The van der Waals surface area contributed by atoms with Gasteiger partial charge in [0.2, 0.25) is 0 Å². The molecule has 0 unspecified atom stereocenters. The lowest BCUT2D eigenvalue weighted by Crippen LogP contribution is -2.09. The summed E-state index contributed by atoms with van der Waals surface area (Å²) in [6.45, 7) is 1.57. The molecule has 0 spiro atoms. The quantitative estimate of drug-likeness (QED) is 0.604. The molecule has 0 bridgehead atoms. The van der Waals surface area contributed by atoms with Gasteiger partial charge in [0, 0.05) is 12.0 Å². The second-order valence-corrected chi connectivity index (χ2v) is 3.21. The van der Waals surface area contributed by atoms with Crippen molar-refractivity contribution in [1.82, 2.24) is 0 Å². The number of benzene rings is 1. The summed E-state index contributed by atoms with van der Waals surface area (Å²) in [7, 11) is 0. The van der Waals surface area contributed by atoms with E-state index in [2.05, 4.69) is 0 Å². The third kappa shape index (κ3) is 3.17. The monoisotopic (exact) mass is 222 g/mol. The molecular weight excluding hydrogens is 208 g/mol. The van der Waals surface area contributed by atoms with Crippen LogP contribution in [0.1, 0.15) is 34.1 Å². The minimum atomic E-state index is -0.496. The molecule has 1 rings (SSSR count). The van der Waals surface area contributed by atoms with Gasteiger partial charge in [-0.3, -0.25) is 4.79 Å². The summed E-state index contributed by atoms with van der Waals surface area (Å²) in [5, 5.41) is 8.49. The Labute approximate surface area is 93.9 Å². The number of Topliss-reactive ketones (excluding diaryl/α,β-unsaturated/α-hetero) is 1. The summed E-state index contributed by atoms with van der Waals surface area (Å²) in [6.07, 6.45) is 0.439. The van der Waals surface area contributed by atoms with Crippen molar-refractivity contribution < 1.29 is 19.4 Å². The Kier molecular flexibility index (Phi) is 4.66. The van der Waals surface area contributed by atoms with E-state index in [4.69, 9.17) is 9.84 Å². The van der Waals surface area contributed by atoms with Crippen LogP contribution in [0.5, 0.6) is 0 Å². The van der Waals surface area contributed by atoms with Crippen LogP contribution >= 0.6 is 0 Å². The number of carbonyl (C=O) groups is 2. The Morgan fingerprint density at radius 3 is 2.25 bits per heavy atom. The first-order valence-electron chi connectivity index (χ1n) is 5.10. The molecule has 1 aromatic rings. The fourth-order valence-corrected chi connectivity index (χ4v) is 1.22. The molecule has 0 aliphatic rings. The highest BCUT2D eigenvalue weighted by molar-refractivity contribution is 5.97. The van der Waals surface area contributed by atoms with Gasteiger partial charge in [-0.25, -0.2) is 4.79 Å². The zero-order chi connectivity index (χ0) is 12.0. The SMILES string of the molecule is CCC(=O)c1ccc(C(=O)OCCO)cc1. The number of aliphatic hydroxyl groups excluding tert-OH is 1. The van der Waals surface area contributed by atoms with Crippen LogP contribution in [0.4, 0.5) is 0 Å². The first kappa shape index (κ1) is 12.4. The summed E-state index contributed by atoms with van der Waals surface area (Å²) in [5.41, 5.74) is 0.960. The Hall–Kier alpha value is -1.68. The maximum atomic E-state index is 11.3. The number of aliphatic hydroxyl groups is 1. The van der Waals surface area contributed by atoms with E-state index in [1.165, 1.54) is 0 Å². The summed E-state index contributed by atoms with van der Waals surface area (Å²) in [6, 6.07) is 6.29.